The molecule has 0 N–H and O–H groups in total. The number of hydrogen-bond donors (Lipinski definition) is 0. The molecule has 110 valence electrons. The van der Waals surface area contributed by atoms with E-state index in [9.17, 15) is 4.79 Å². The third kappa shape index (κ3) is 2.85. The Balaban J connectivity index is 1.95. The zero-order chi connectivity index (χ0) is 15.7. The van der Waals surface area contributed by atoms with Crippen molar-refractivity contribution in [3.05, 3.63) is 70.1 Å². The molecule has 0 unspecified atom stereocenters. The summed E-state index contributed by atoms with van der Waals surface area (Å²) in [4.78, 5) is 14.9. The molecule has 22 heavy (non-hydrogen) atoms. The van der Waals surface area contributed by atoms with Crippen LogP contribution in [-0.2, 0) is 4.79 Å². The minimum Gasteiger partial charge on any atom is -0.268 e. The monoisotopic (exact) mass is 325 g/mol. The summed E-state index contributed by atoms with van der Waals surface area (Å²) in [5, 5.41) is 0. The minimum atomic E-state index is -0.0536. The van der Waals surface area contributed by atoms with E-state index in [1.54, 1.807) is 4.90 Å². The number of thiocarbonyl (C=S) groups is 1. The van der Waals surface area contributed by atoms with Gasteiger partial charge in [0.2, 0.25) is 0 Å². The van der Waals surface area contributed by atoms with Crippen molar-refractivity contribution in [1.82, 2.24) is 0 Å². The lowest BCUT2D eigenvalue weighted by Crippen LogP contribution is -2.27. The topological polar surface area (TPSA) is 20.3 Å². The third-order valence-corrected chi connectivity index (χ3v) is 4.94. The van der Waals surface area contributed by atoms with Crippen molar-refractivity contribution in [3.63, 3.8) is 0 Å². The van der Waals surface area contributed by atoms with Crippen LogP contribution in [0, 0.1) is 13.8 Å². The van der Waals surface area contributed by atoms with E-state index in [0.29, 0.717) is 9.23 Å². The number of carbonyl (C=O) groups is 1. The molecule has 3 rings (SSSR count). The summed E-state index contributed by atoms with van der Waals surface area (Å²) in [5.41, 5.74) is 4.19. The Bertz CT molecular complexity index is 781. The van der Waals surface area contributed by atoms with Gasteiger partial charge in [-0.2, -0.15) is 0 Å². The van der Waals surface area contributed by atoms with Crippen LogP contribution < -0.4 is 4.90 Å². The lowest BCUT2D eigenvalue weighted by Gasteiger charge is -2.15. The van der Waals surface area contributed by atoms with Crippen molar-refractivity contribution in [2.75, 3.05) is 4.90 Å². The van der Waals surface area contributed by atoms with Gasteiger partial charge in [-0.05, 0) is 48.7 Å². The highest BCUT2D eigenvalue weighted by Crippen LogP contribution is 2.36. The Hall–Kier alpha value is -1.91. The van der Waals surface area contributed by atoms with E-state index in [1.807, 2.05) is 61.5 Å². The van der Waals surface area contributed by atoms with Crippen LogP contribution in [0.25, 0.3) is 6.08 Å². The molecule has 1 saturated heterocycles. The van der Waals surface area contributed by atoms with Crippen LogP contribution in [0.2, 0.25) is 0 Å². The van der Waals surface area contributed by atoms with E-state index < -0.39 is 0 Å². The number of amides is 1. The molecule has 0 saturated carbocycles. The Labute approximate surface area is 139 Å². The highest BCUT2D eigenvalue weighted by Gasteiger charge is 2.33. The number of hydrogen-bond acceptors (Lipinski definition) is 3. The summed E-state index contributed by atoms with van der Waals surface area (Å²) in [6, 6.07) is 15.8. The van der Waals surface area contributed by atoms with Gasteiger partial charge in [-0.15, -0.1) is 0 Å². The van der Waals surface area contributed by atoms with Crippen molar-refractivity contribution in [2.45, 2.75) is 13.8 Å². The summed E-state index contributed by atoms with van der Waals surface area (Å²) in [5.74, 6) is -0.0536. The van der Waals surface area contributed by atoms with Crippen molar-refractivity contribution in [3.8, 4) is 0 Å². The molecule has 1 fully saturated rings. The first kappa shape index (κ1) is 15.0. The highest BCUT2D eigenvalue weighted by molar-refractivity contribution is 8.27. The molecule has 2 aromatic carbocycles. The molecule has 0 atom stereocenters. The summed E-state index contributed by atoms with van der Waals surface area (Å²) in [6.07, 6.45) is 1.89. The zero-order valence-corrected chi connectivity index (χ0v) is 14.0. The molecule has 4 heteroatoms. The average molecular weight is 325 g/mol. The molecule has 1 aliphatic rings. The number of carbonyl (C=O) groups excluding carboxylic acids is 1. The first-order valence-electron chi connectivity index (χ1n) is 6.96. The van der Waals surface area contributed by atoms with Crippen LogP contribution in [0.1, 0.15) is 16.7 Å². The standard InChI is InChI=1S/C18H15NOS2/c1-12-8-9-15(10-13(12)2)19-17(20)16(22-18(19)21)11-14-6-4-3-5-7-14/h3-11H,1-2H3. The van der Waals surface area contributed by atoms with Crippen LogP contribution in [0.4, 0.5) is 5.69 Å². The van der Waals surface area contributed by atoms with E-state index >= 15 is 0 Å². The van der Waals surface area contributed by atoms with Gasteiger partial charge >= 0.3 is 0 Å². The van der Waals surface area contributed by atoms with E-state index in [0.717, 1.165) is 16.8 Å². The first-order valence-corrected chi connectivity index (χ1v) is 8.19. The highest BCUT2D eigenvalue weighted by atomic mass is 32.2. The molecule has 0 aromatic heterocycles. The van der Waals surface area contributed by atoms with Gasteiger partial charge in [0.15, 0.2) is 4.32 Å². The fraction of sp³-hybridized carbons (Fsp3) is 0.111. The molecule has 0 aliphatic carbocycles. The summed E-state index contributed by atoms with van der Waals surface area (Å²) >= 11 is 6.75. The second-order valence-electron chi connectivity index (χ2n) is 5.20. The number of anilines is 1. The molecule has 0 radical (unpaired) electrons. The predicted molar refractivity (Wildman–Crippen MR) is 98.0 cm³/mol. The molecule has 1 heterocycles. The number of rotatable bonds is 2. The van der Waals surface area contributed by atoms with Gasteiger partial charge in [0.25, 0.3) is 5.91 Å². The molecule has 0 bridgehead atoms. The Morgan fingerprint density at radius 3 is 2.45 bits per heavy atom. The second kappa shape index (κ2) is 6.07. The van der Waals surface area contributed by atoms with Gasteiger partial charge < -0.3 is 0 Å². The zero-order valence-electron chi connectivity index (χ0n) is 12.4. The normalized spacial score (nSPS) is 16.6. The van der Waals surface area contributed by atoms with Gasteiger partial charge in [0, 0.05) is 0 Å². The minimum absolute atomic E-state index is 0.0536. The van der Waals surface area contributed by atoms with E-state index in [2.05, 4.69) is 6.92 Å². The fourth-order valence-electron chi connectivity index (χ4n) is 2.26. The Kier molecular flexibility index (Phi) is 4.14. The average Bonchev–Trinajstić information content (AvgIpc) is 2.78. The maximum Gasteiger partial charge on any atom is 0.270 e. The summed E-state index contributed by atoms with van der Waals surface area (Å²) in [6.45, 7) is 4.09. The number of benzene rings is 2. The molecule has 2 aromatic rings. The second-order valence-corrected chi connectivity index (χ2v) is 6.87. The lowest BCUT2D eigenvalue weighted by atomic mass is 10.1. The predicted octanol–water partition coefficient (Wildman–Crippen LogP) is 4.71. The maximum atomic E-state index is 12.7. The van der Waals surface area contributed by atoms with Gasteiger partial charge in [-0.1, -0.05) is 60.4 Å². The smallest absolute Gasteiger partial charge is 0.268 e. The van der Waals surface area contributed by atoms with Crippen molar-refractivity contribution in [2.24, 2.45) is 0 Å². The van der Waals surface area contributed by atoms with Crippen LogP contribution in [0.15, 0.2) is 53.4 Å². The van der Waals surface area contributed by atoms with Crippen molar-refractivity contribution < 1.29 is 4.79 Å². The Morgan fingerprint density at radius 1 is 1.05 bits per heavy atom. The van der Waals surface area contributed by atoms with Gasteiger partial charge in [0.1, 0.15) is 0 Å². The van der Waals surface area contributed by atoms with E-state index in [-0.39, 0.29) is 5.91 Å². The molecule has 1 amide bonds. The summed E-state index contributed by atoms with van der Waals surface area (Å²) < 4.78 is 0.579. The van der Waals surface area contributed by atoms with Crippen molar-refractivity contribution >= 4 is 46.0 Å². The number of nitrogens with zero attached hydrogens (tertiary/aromatic N) is 1. The molecular weight excluding hydrogens is 310 g/mol. The summed E-state index contributed by atoms with van der Waals surface area (Å²) in [7, 11) is 0. The molecule has 0 spiro atoms. The quantitative estimate of drug-likeness (QED) is 0.589. The number of thioether (sulfide) groups is 1. The van der Waals surface area contributed by atoms with Crippen molar-refractivity contribution in [1.29, 1.82) is 0 Å². The van der Waals surface area contributed by atoms with Crippen LogP contribution in [0.3, 0.4) is 0 Å². The fourth-order valence-corrected chi connectivity index (χ4v) is 3.55. The maximum absolute atomic E-state index is 12.7. The third-order valence-electron chi connectivity index (χ3n) is 3.64. The van der Waals surface area contributed by atoms with Gasteiger partial charge in [-0.3, -0.25) is 9.69 Å². The SMILES string of the molecule is Cc1ccc(N2C(=O)C(=Cc3ccccc3)SC2=S)cc1C. The Morgan fingerprint density at radius 2 is 1.77 bits per heavy atom. The van der Waals surface area contributed by atoms with Crippen LogP contribution in [-0.4, -0.2) is 10.2 Å². The van der Waals surface area contributed by atoms with Crippen LogP contribution in [0.5, 0.6) is 0 Å². The molecule has 1 aliphatic heterocycles. The van der Waals surface area contributed by atoms with Gasteiger partial charge in [-0.25, -0.2) is 0 Å². The lowest BCUT2D eigenvalue weighted by molar-refractivity contribution is -0.113. The number of aryl methyl sites for hydroxylation is 2. The largest absolute Gasteiger partial charge is 0.270 e. The first-order chi connectivity index (χ1) is 10.6. The van der Waals surface area contributed by atoms with E-state index in [4.69, 9.17) is 12.2 Å². The van der Waals surface area contributed by atoms with Gasteiger partial charge in [0.05, 0.1) is 10.6 Å². The molecule has 2 nitrogen and oxygen atoms in total. The van der Waals surface area contributed by atoms with E-state index in [1.165, 1.54) is 17.3 Å². The van der Waals surface area contributed by atoms with Crippen LogP contribution >= 0.6 is 24.0 Å². The molecular formula is C18H15NOS2.